The Morgan fingerprint density at radius 1 is 1.59 bits per heavy atom. The van der Waals surface area contributed by atoms with E-state index in [-0.39, 0.29) is 4.88 Å². The Labute approximate surface area is 106 Å². The molecule has 0 amide bonds. The summed E-state index contributed by atoms with van der Waals surface area (Å²) in [6.45, 7) is 0. The Bertz CT molecular complexity index is 602. The van der Waals surface area contributed by atoms with Crippen LogP contribution in [0.15, 0.2) is 39.6 Å². The molecule has 4 nitrogen and oxygen atoms in total. The molecular weight excluding hydrogens is 256 g/mol. The molecule has 0 bridgehead atoms. The fourth-order valence-electron chi connectivity index (χ4n) is 1.17. The van der Waals surface area contributed by atoms with Crippen LogP contribution < -0.4 is 0 Å². The topological polar surface area (TPSA) is 74.0 Å². The fraction of sp³-hybridized carbons (Fsp3) is 0. The first-order valence-electron chi connectivity index (χ1n) is 4.55. The van der Waals surface area contributed by atoms with Crippen LogP contribution in [0, 0.1) is 11.3 Å². The molecule has 0 aliphatic rings. The highest BCUT2D eigenvalue weighted by atomic mass is 32.2. The molecule has 6 heteroatoms. The molecule has 0 saturated carbocycles. The molecule has 2 heterocycles. The van der Waals surface area contributed by atoms with E-state index in [1.54, 1.807) is 29.8 Å². The average molecular weight is 262 g/mol. The summed E-state index contributed by atoms with van der Waals surface area (Å²) < 4.78 is 0. The number of hydrogen-bond donors (Lipinski definition) is 1. The van der Waals surface area contributed by atoms with E-state index in [0.29, 0.717) is 5.69 Å². The van der Waals surface area contributed by atoms with Crippen molar-refractivity contribution in [2.24, 2.45) is 0 Å². The highest BCUT2D eigenvalue weighted by Crippen LogP contribution is 2.32. The molecule has 0 radical (unpaired) electrons. The molecule has 2 rings (SSSR count). The first-order valence-corrected chi connectivity index (χ1v) is 6.25. The minimum Gasteiger partial charge on any atom is -0.477 e. The predicted molar refractivity (Wildman–Crippen MR) is 64.4 cm³/mol. The van der Waals surface area contributed by atoms with Gasteiger partial charge in [-0.15, -0.1) is 11.3 Å². The summed E-state index contributed by atoms with van der Waals surface area (Å²) in [7, 11) is 0. The molecule has 2 aromatic heterocycles. The second-order valence-corrected chi connectivity index (χ2v) is 5.04. The van der Waals surface area contributed by atoms with E-state index in [2.05, 4.69) is 4.98 Å². The van der Waals surface area contributed by atoms with Crippen LogP contribution in [-0.4, -0.2) is 16.1 Å². The van der Waals surface area contributed by atoms with Gasteiger partial charge in [0.1, 0.15) is 10.9 Å². The van der Waals surface area contributed by atoms with Crippen LogP contribution in [0.2, 0.25) is 0 Å². The first kappa shape index (κ1) is 11.6. The van der Waals surface area contributed by atoms with Gasteiger partial charge < -0.3 is 5.11 Å². The molecule has 0 spiro atoms. The summed E-state index contributed by atoms with van der Waals surface area (Å²) in [4.78, 5) is 16.5. The Balaban J connectivity index is 2.26. The number of carboxylic acids is 1. The number of carboxylic acid groups (broad SMARTS) is 1. The second-order valence-electron chi connectivity index (χ2n) is 3.02. The van der Waals surface area contributed by atoms with Crippen LogP contribution in [0.5, 0.6) is 0 Å². The zero-order valence-corrected chi connectivity index (χ0v) is 10.1. The number of nitrogens with zero attached hydrogens (tertiary/aromatic N) is 2. The molecule has 0 saturated heterocycles. The Hall–Kier alpha value is -1.84. The number of aromatic carboxylic acids is 1. The van der Waals surface area contributed by atoms with E-state index < -0.39 is 5.97 Å². The van der Waals surface area contributed by atoms with Crippen LogP contribution in [0.3, 0.4) is 0 Å². The van der Waals surface area contributed by atoms with Gasteiger partial charge in [-0.1, -0.05) is 11.8 Å². The predicted octanol–water partition coefficient (Wildman–Crippen LogP) is 2.86. The van der Waals surface area contributed by atoms with E-state index in [0.717, 1.165) is 9.79 Å². The summed E-state index contributed by atoms with van der Waals surface area (Å²) in [6.07, 6.45) is 1.55. The van der Waals surface area contributed by atoms with Crippen molar-refractivity contribution in [2.75, 3.05) is 0 Å². The molecule has 0 aliphatic carbocycles. The van der Waals surface area contributed by atoms with Gasteiger partial charge in [0, 0.05) is 21.4 Å². The molecular formula is C11H6N2O2S2. The highest BCUT2D eigenvalue weighted by Gasteiger charge is 2.10. The van der Waals surface area contributed by atoms with Crippen molar-refractivity contribution < 1.29 is 9.90 Å². The molecule has 0 fully saturated rings. The maximum Gasteiger partial charge on any atom is 0.345 e. The molecule has 84 valence electrons. The number of nitriles is 1. The normalized spacial score (nSPS) is 9.82. The van der Waals surface area contributed by atoms with E-state index in [1.165, 1.54) is 23.1 Å². The zero-order chi connectivity index (χ0) is 12.3. The van der Waals surface area contributed by atoms with Gasteiger partial charge in [0.25, 0.3) is 0 Å². The molecule has 0 aliphatic heterocycles. The molecule has 1 N–H and O–H groups in total. The number of carbonyl (C=O) groups is 1. The van der Waals surface area contributed by atoms with Crippen molar-refractivity contribution in [1.29, 1.82) is 5.26 Å². The third-order valence-electron chi connectivity index (χ3n) is 1.89. The Kier molecular flexibility index (Phi) is 3.42. The summed E-state index contributed by atoms with van der Waals surface area (Å²) in [5.41, 5.74) is 0.348. The minimum atomic E-state index is -0.937. The van der Waals surface area contributed by atoms with E-state index in [4.69, 9.17) is 10.4 Å². The van der Waals surface area contributed by atoms with Crippen molar-refractivity contribution in [1.82, 2.24) is 4.98 Å². The summed E-state index contributed by atoms with van der Waals surface area (Å²) >= 11 is 2.51. The maximum absolute atomic E-state index is 10.7. The van der Waals surface area contributed by atoms with E-state index in [9.17, 15) is 4.79 Å². The number of thiophene rings is 1. The van der Waals surface area contributed by atoms with Crippen LogP contribution in [0.1, 0.15) is 15.4 Å². The van der Waals surface area contributed by atoms with E-state index >= 15 is 0 Å². The second kappa shape index (κ2) is 4.99. The lowest BCUT2D eigenvalue weighted by Gasteiger charge is -1.99. The lowest BCUT2D eigenvalue weighted by Crippen LogP contribution is -1.90. The van der Waals surface area contributed by atoms with Gasteiger partial charge in [-0.05, 0) is 18.2 Å². The van der Waals surface area contributed by atoms with Crippen molar-refractivity contribution >= 4 is 29.1 Å². The van der Waals surface area contributed by atoms with Crippen LogP contribution in [-0.2, 0) is 0 Å². The number of aromatic nitrogens is 1. The van der Waals surface area contributed by atoms with Crippen molar-refractivity contribution in [3.63, 3.8) is 0 Å². The highest BCUT2D eigenvalue weighted by molar-refractivity contribution is 7.99. The molecule has 0 aromatic carbocycles. The zero-order valence-electron chi connectivity index (χ0n) is 8.45. The number of rotatable bonds is 3. The standard InChI is InChI=1S/C11H6N2O2S2/c12-5-8-9(2-1-3-13-8)17-7-4-10(11(14)15)16-6-7/h1-4,6H,(H,14,15). The van der Waals surface area contributed by atoms with Crippen LogP contribution in [0.4, 0.5) is 0 Å². The Morgan fingerprint density at radius 2 is 2.41 bits per heavy atom. The van der Waals surface area contributed by atoms with Crippen molar-refractivity contribution in [3.8, 4) is 6.07 Å². The van der Waals surface area contributed by atoms with Crippen molar-refractivity contribution in [3.05, 3.63) is 40.3 Å². The molecule has 17 heavy (non-hydrogen) atoms. The Morgan fingerprint density at radius 3 is 3.06 bits per heavy atom. The van der Waals surface area contributed by atoms with E-state index in [1.807, 2.05) is 6.07 Å². The van der Waals surface area contributed by atoms with Crippen LogP contribution >= 0.6 is 23.1 Å². The third-order valence-corrected chi connectivity index (χ3v) is 3.98. The lowest BCUT2D eigenvalue weighted by atomic mass is 10.4. The summed E-state index contributed by atoms with van der Waals surface area (Å²) in [5.74, 6) is -0.937. The fourth-order valence-corrected chi connectivity index (χ4v) is 2.96. The first-order chi connectivity index (χ1) is 8.20. The van der Waals surface area contributed by atoms with Gasteiger partial charge >= 0.3 is 5.97 Å². The van der Waals surface area contributed by atoms with Gasteiger partial charge in [-0.2, -0.15) is 5.26 Å². The van der Waals surface area contributed by atoms with Gasteiger partial charge in [-0.25, -0.2) is 9.78 Å². The SMILES string of the molecule is N#Cc1ncccc1Sc1csc(C(=O)O)c1. The molecule has 0 unspecified atom stereocenters. The molecule has 0 atom stereocenters. The lowest BCUT2D eigenvalue weighted by molar-refractivity contribution is 0.0702. The van der Waals surface area contributed by atoms with Crippen molar-refractivity contribution in [2.45, 2.75) is 9.79 Å². The minimum absolute atomic E-state index is 0.287. The van der Waals surface area contributed by atoms with Crippen LogP contribution in [0.25, 0.3) is 0 Å². The molecule has 2 aromatic rings. The largest absolute Gasteiger partial charge is 0.477 e. The van der Waals surface area contributed by atoms with Gasteiger partial charge in [0.2, 0.25) is 0 Å². The third kappa shape index (κ3) is 2.64. The quantitative estimate of drug-likeness (QED) is 0.920. The monoisotopic (exact) mass is 262 g/mol. The van der Waals surface area contributed by atoms with Gasteiger partial charge in [0.15, 0.2) is 5.69 Å². The van der Waals surface area contributed by atoms with Gasteiger partial charge in [-0.3, -0.25) is 0 Å². The average Bonchev–Trinajstić information content (AvgIpc) is 2.78. The maximum atomic E-state index is 10.7. The summed E-state index contributed by atoms with van der Waals surface area (Å²) in [6, 6.07) is 7.12. The summed E-state index contributed by atoms with van der Waals surface area (Å²) in [5, 5.41) is 19.4. The number of hydrogen-bond acceptors (Lipinski definition) is 5. The smallest absolute Gasteiger partial charge is 0.345 e. The number of pyridine rings is 1. The van der Waals surface area contributed by atoms with Gasteiger partial charge in [0.05, 0.1) is 0 Å².